The lowest BCUT2D eigenvalue weighted by atomic mass is 10.1. The van der Waals surface area contributed by atoms with E-state index in [1.165, 1.54) is 34.4 Å². The average Bonchev–Trinajstić information content (AvgIpc) is 3.27. The van der Waals surface area contributed by atoms with Gasteiger partial charge in [-0.25, -0.2) is 24.3 Å². The van der Waals surface area contributed by atoms with Crippen molar-refractivity contribution in [2.75, 3.05) is 47.4 Å². The van der Waals surface area contributed by atoms with Gasteiger partial charge < -0.3 is 30.7 Å². The van der Waals surface area contributed by atoms with Crippen LogP contribution in [0, 0.1) is 5.82 Å². The topological polar surface area (TPSA) is 173 Å². The van der Waals surface area contributed by atoms with Crippen molar-refractivity contribution >= 4 is 23.3 Å². The van der Waals surface area contributed by atoms with Gasteiger partial charge in [0.2, 0.25) is 11.9 Å². The summed E-state index contributed by atoms with van der Waals surface area (Å²) >= 11 is 0. The Morgan fingerprint density at radius 1 is 0.607 bits per heavy atom. The molecule has 6 aromatic rings. The number of anilines is 4. The standard InChI is InChI=1S/C23H26FN5O2.C23H27N5O2/c1-2-3-16-14-26-23(27-15-16)28-9-6-18(7-10-28)31-19-8-11-29(22(30)13-19)17-4-5-21(25)20(24)12-17;1-2-3-17-15-25-23(26-16-17)27-11-8-20(9-12-27)30-21-10-13-28(22(29)14-21)19-6-4-18(24)5-7-19/h4-5,8,11-15,18H,2-3,6-7,9-10,25H2,1H3;4-7,10,13-16,20H,2-3,8-9,11-12,24H2,1H3. The van der Waals surface area contributed by atoms with Crippen LogP contribution in [-0.2, 0) is 12.8 Å². The maximum Gasteiger partial charge on any atom is 0.258 e. The van der Waals surface area contributed by atoms with Crippen LogP contribution in [0.3, 0.4) is 0 Å². The number of hydrogen-bond donors (Lipinski definition) is 2. The minimum atomic E-state index is -0.555. The molecule has 2 fully saturated rings. The smallest absolute Gasteiger partial charge is 0.258 e. The summed E-state index contributed by atoms with van der Waals surface area (Å²) < 4.78 is 28.8. The van der Waals surface area contributed by atoms with Crippen LogP contribution in [0.25, 0.3) is 11.4 Å². The molecular weight excluding hydrogens is 776 g/mol. The van der Waals surface area contributed by atoms with Gasteiger partial charge in [0.15, 0.2) is 0 Å². The molecule has 0 radical (unpaired) electrons. The molecule has 2 aliphatic rings. The van der Waals surface area contributed by atoms with Crippen LogP contribution in [0.4, 0.5) is 27.7 Å². The molecule has 2 saturated heterocycles. The first kappa shape index (κ1) is 42.4. The third-order valence-corrected chi connectivity index (χ3v) is 10.7. The number of ether oxygens (including phenoxy) is 2. The van der Waals surface area contributed by atoms with Crippen molar-refractivity contribution in [3.05, 3.63) is 142 Å². The van der Waals surface area contributed by atoms with E-state index in [2.05, 4.69) is 43.6 Å². The Morgan fingerprint density at radius 3 is 1.44 bits per heavy atom. The molecular formula is C46H53FN10O4. The van der Waals surface area contributed by atoms with Gasteiger partial charge in [-0.2, -0.15) is 0 Å². The van der Waals surface area contributed by atoms with Crippen LogP contribution < -0.4 is 41.9 Å². The van der Waals surface area contributed by atoms with Crippen molar-refractivity contribution in [3.8, 4) is 22.9 Å². The van der Waals surface area contributed by atoms with Crippen LogP contribution in [0.5, 0.6) is 11.5 Å². The molecule has 6 heterocycles. The monoisotopic (exact) mass is 828 g/mol. The molecule has 2 aromatic carbocycles. The Bertz CT molecular complexity index is 2460. The molecule has 14 nitrogen and oxygen atoms in total. The molecule has 0 amide bonds. The molecule has 0 saturated carbocycles. The minimum Gasteiger partial charge on any atom is -0.490 e. The van der Waals surface area contributed by atoms with E-state index < -0.39 is 5.82 Å². The van der Waals surface area contributed by atoms with E-state index in [4.69, 9.17) is 20.9 Å². The van der Waals surface area contributed by atoms with Crippen molar-refractivity contribution in [2.45, 2.75) is 77.4 Å². The predicted molar refractivity (Wildman–Crippen MR) is 237 cm³/mol. The summed E-state index contributed by atoms with van der Waals surface area (Å²) in [7, 11) is 0. The molecule has 318 valence electrons. The van der Waals surface area contributed by atoms with E-state index in [1.54, 1.807) is 41.2 Å². The van der Waals surface area contributed by atoms with Gasteiger partial charge in [0, 0.05) is 119 Å². The fourth-order valence-corrected chi connectivity index (χ4v) is 7.39. The normalized spacial score (nSPS) is 14.6. The number of nitrogens with two attached hydrogens (primary N) is 2. The number of rotatable bonds is 12. The molecule has 4 N–H and O–H groups in total. The molecule has 0 spiro atoms. The fourth-order valence-electron chi connectivity index (χ4n) is 7.39. The summed E-state index contributed by atoms with van der Waals surface area (Å²) in [4.78, 5) is 47.3. The summed E-state index contributed by atoms with van der Waals surface area (Å²) in [6, 6.07) is 18.0. The SMILES string of the molecule is CCCc1cnc(N2CCC(Oc3ccn(-c4ccc(N)c(F)c4)c(=O)c3)CC2)nc1.CCCc1cnc(N2CCC(Oc3ccn(-c4ccc(N)cc4)c(=O)c3)CC2)nc1. The summed E-state index contributed by atoms with van der Waals surface area (Å²) in [6.07, 6.45) is 18.6. The van der Waals surface area contributed by atoms with Crippen molar-refractivity contribution in [1.29, 1.82) is 0 Å². The van der Waals surface area contributed by atoms with Gasteiger partial charge in [0.05, 0.1) is 11.4 Å². The number of hydrogen-bond acceptors (Lipinski definition) is 12. The zero-order valence-electron chi connectivity index (χ0n) is 34.7. The first-order chi connectivity index (χ1) is 29.6. The third-order valence-electron chi connectivity index (χ3n) is 10.7. The zero-order chi connectivity index (χ0) is 42.7. The molecule has 0 atom stereocenters. The highest BCUT2D eigenvalue weighted by Crippen LogP contribution is 2.23. The molecule has 8 rings (SSSR count). The summed E-state index contributed by atoms with van der Waals surface area (Å²) in [6.45, 7) is 7.54. The number of halogens is 1. The number of nitrogen functional groups attached to an aromatic ring is 2. The summed E-state index contributed by atoms with van der Waals surface area (Å²) in [5.74, 6) is 2.08. The lowest BCUT2D eigenvalue weighted by molar-refractivity contribution is 0.170. The Labute approximate surface area is 354 Å². The van der Waals surface area contributed by atoms with Crippen molar-refractivity contribution in [1.82, 2.24) is 29.1 Å². The van der Waals surface area contributed by atoms with E-state index in [9.17, 15) is 14.0 Å². The first-order valence-electron chi connectivity index (χ1n) is 21.0. The van der Waals surface area contributed by atoms with E-state index >= 15 is 0 Å². The lowest BCUT2D eigenvalue weighted by Crippen LogP contribution is -2.39. The second kappa shape index (κ2) is 20.0. The maximum atomic E-state index is 13.7. The second-order valence-corrected chi connectivity index (χ2v) is 15.3. The van der Waals surface area contributed by atoms with Crippen LogP contribution in [-0.4, -0.2) is 67.5 Å². The fraction of sp³-hybridized carbons (Fsp3) is 0.348. The van der Waals surface area contributed by atoms with Gasteiger partial charge in [0.25, 0.3) is 11.1 Å². The van der Waals surface area contributed by atoms with E-state index in [0.717, 1.165) is 101 Å². The molecule has 4 aromatic heterocycles. The molecule has 0 bridgehead atoms. The number of piperidine rings is 2. The van der Waals surface area contributed by atoms with Crippen molar-refractivity contribution in [2.24, 2.45) is 0 Å². The molecule has 61 heavy (non-hydrogen) atoms. The van der Waals surface area contributed by atoms with Gasteiger partial charge in [-0.05, 0) is 72.5 Å². The van der Waals surface area contributed by atoms with Gasteiger partial charge in [-0.1, -0.05) is 26.7 Å². The highest BCUT2D eigenvalue weighted by Gasteiger charge is 2.24. The average molecular weight is 829 g/mol. The summed E-state index contributed by atoms with van der Waals surface area (Å²) in [5.41, 5.74) is 15.0. The quantitative estimate of drug-likeness (QED) is 0.128. The number of nitrogens with zero attached hydrogens (tertiary/aromatic N) is 8. The van der Waals surface area contributed by atoms with E-state index in [1.807, 2.05) is 43.0 Å². The van der Waals surface area contributed by atoms with Crippen LogP contribution in [0.15, 0.2) is 114 Å². The predicted octanol–water partition coefficient (Wildman–Crippen LogP) is 6.56. The van der Waals surface area contributed by atoms with Gasteiger partial charge in [0.1, 0.15) is 29.5 Å². The Hall–Kier alpha value is -6.77. The number of benzene rings is 2. The molecule has 2 aliphatic heterocycles. The van der Waals surface area contributed by atoms with Crippen molar-refractivity contribution in [3.63, 3.8) is 0 Å². The third kappa shape index (κ3) is 11.1. The molecule has 0 unspecified atom stereocenters. The highest BCUT2D eigenvalue weighted by atomic mass is 19.1. The van der Waals surface area contributed by atoms with Crippen molar-refractivity contribution < 1.29 is 13.9 Å². The minimum absolute atomic E-state index is 0.0137. The zero-order valence-corrected chi connectivity index (χ0v) is 34.7. The van der Waals surface area contributed by atoms with E-state index in [0.29, 0.717) is 22.9 Å². The Kier molecular flexibility index (Phi) is 13.9. The van der Waals surface area contributed by atoms with Crippen LogP contribution in [0.2, 0.25) is 0 Å². The van der Waals surface area contributed by atoms with Gasteiger partial charge in [-0.3, -0.25) is 18.7 Å². The Morgan fingerprint density at radius 2 is 1.03 bits per heavy atom. The largest absolute Gasteiger partial charge is 0.490 e. The Balaban J connectivity index is 0.000000184. The lowest BCUT2D eigenvalue weighted by Gasteiger charge is -2.32. The molecule has 0 aliphatic carbocycles. The number of aryl methyl sites for hydroxylation is 2. The number of aromatic nitrogens is 6. The van der Waals surface area contributed by atoms with Gasteiger partial charge >= 0.3 is 0 Å². The first-order valence-corrected chi connectivity index (χ1v) is 21.0. The van der Waals surface area contributed by atoms with Crippen LogP contribution >= 0.6 is 0 Å². The van der Waals surface area contributed by atoms with Gasteiger partial charge in [-0.15, -0.1) is 0 Å². The maximum absolute atomic E-state index is 13.7. The van der Waals surface area contributed by atoms with E-state index in [-0.39, 0.29) is 29.0 Å². The summed E-state index contributed by atoms with van der Waals surface area (Å²) in [5, 5.41) is 0. The second-order valence-electron chi connectivity index (χ2n) is 15.3. The molecule has 15 heteroatoms. The van der Waals surface area contributed by atoms with Crippen LogP contribution in [0.1, 0.15) is 63.5 Å². The highest BCUT2D eigenvalue weighted by molar-refractivity contribution is 5.47. The number of pyridine rings is 2.